The summed E-state index contributed by atoms with van der Waals surface area (Å²) in [5, 5.41) is 23.8. The fourth-order valence-electron chi connectivity index (χ4n) is 0. The summed E-state index contributed by atoms with van der Waals surface area (Å²) in [5.74, 6) is -1.87. The van der Waals surface area contributed by atoms with Gasteiger partial charge in [-0.25, -0.2) is 9.59 Å². The van der Waals surface area contributed by atoms with Gasteiger partial charge in [-0.3, -0.25) is 0 Å². The van der Waals surface area contributed by atoms with E-state index < -0.39 is 11.9 Å². The molecule has 0 aromatic carbocycles. The largest absolute Gasteiger partial charge is 0.478 e. The number of aliphatic carboxylic acids is 2. The molecule has 0 radical (unpaired) electrons. The maximum absolute atomic E-state index is 9.60. The molecule has 0 aromatic heterocycles. The fraction of sp³-hybridized carbons (Fsp3) is 0.455. The maximum Gasteiger partial charge on any atom is 0.330 e. The number of hydrogen-bond acceptors (Lipinski definition) is 3. The number of hydrogen-bond donors (Lipinski definition) is 3. The molecule has 3 N–H and O–H groups in total. The fourth-order valence-corrected chi connectivity index (χ4v) is 0. The van der Waals surface area contributed by atoms with Crippen LogP contribution in [0.4, 0.5) is 0 Å². The monoisotopic (exact) mass is 280 g/mol. The standard InChI is InChI=1S/2C4H6O2.C3H8O.Ti/c2*1-3(2)4(5)6;1-3(2)4;/h2*1H2,2H3,(H,5,6);3-4H,1-2H3;. The molecule has 0 fully saturated rings. The average molecular weight is 280 g/mol. The normalized spacial score (nSPS) is 7.41. The smallest absolute Gasteiger partial charge is 0.330 e. The van der Waals surface area contributed by atoms with Crippen molar-refractivity contribution in [1.29, 1.82) is 0 Å². The van der Waals surface area contributed by atoms with Gasteiger partial charge in [-0.15, -0.1) is 0 Å². The van der Waals surface area contributed by atoms with Crippen LogP contribution in [0.3, 0.4) is 0 Å². The Morgan fingerprint density at radius 2 is 1.00 bits per heavy atom. The van der Waals surface area contributed by atoms with Gasteiger partial charge in [-0.2, -0.15) is 0 Å². The summed E-state index contributed by atoms with van der Waals surface area (Å²) in [6.07, 6.45) is -0.167. The number of rotatable bonds is 2. The summed E-state index contributed by atoms with van der Waals surface area (Å²) in [5.41, 5.74) is 0.352. The van der Waals surface area contributed by atoms with Crippen LogP contribution in [-0.4, -0.2) is 33.4 Å². The second-order valence-corrected chi connectivity index (χ2v) is 3.26. The summed E-state index contributed by atoms with van der Waals surface area (Å²) in [7, 11) is 0. The minimum Gasteiger partial charge on any atom is -0.478 e. The van der Waals surface area contributed by atoms with E-state index in [0.717, 1.165) is 0 Å². The molecule has 5 nitrogen and oxygen atoms in total. The van der Waals surface area contributed by atoms with E-state index in [1.54, 1.807) is 13.8 Å². The van der Waals surface area contributed by atoms with Gasteiger partial charge in [0.25, 0.3) is 0 Å². The van der Waals surface area contributed by atoms with E-state index in [-0.39, 0.29) is 39.0 Å². The first-order chi connectivity index (χ1) is 7.02. The quantitative estimate of drug-likeness (QED) is 0.528. The van der Waals surface area contributed by atoms with Gasteiger partial charge in [0.05, 0.1) is 0 Å². The molecule has 0 aromatic rings. The molecule has 0 aliphatic carbocycles. The molecule has 0 spiro atoms. The molecule has 0 unspecified atom stereocenters. The Kier molecular flexibility index (Phi) is 22.3. The van der Waals surface area contributed by atoms with Gasteiger partial charge in [0.15, 0.2) is 0 Å². The van der Waals surface area contributed by atoms with Crippen molar-refractivity contribution in [2.45, 2.75) is 33.8 Å². The number of aliphatic hydroxyl groups is 1. The van der Waals surface area contributed by atoms with E-state index in [0.29, 0.717) is 0 Å². The number of aliphatic hydroxyl groups excluding tert-OH is 1. The molecular formula is C11H20O5Ti. The molecule has 98 valence electrons. The number of carboxylic acids is 2. The Hall–Kier alpha value is -0.906. The topological polar surface area (TPSA) is 94.8 Å². The van der Waals surface area contributed by atoms with Gasteiger partial charge in [0.1, 0.15) is 0 Å². The second kappa shape index (κ2) is 15.1. The van der Waals surface area contributed by atoms with Crippen molar-refractivity contribution in [3.63, 3.8) is 0 Å². The van der Waals surface area contributed by atoms with Crippen LogP contribution < -0.4 is 0 Å². The minimum absolute atomic E-state index is 0. The summed E-state index contributed by atoms with van der Waals surface area (Å²) >= 11 is 0. The zero-order valence-corrected chi connectivity index (χ0v) is 12.2. The molecule has 0 rings (SSSR count). The summed E-state index contributed by atoms with van der Waals surface area (Å²) in [6.45, 7) is 12.6. The van der Waals surface area contributed by atoms with Gasteiger partial charge in [-0.05, 0) is 27.7 Å². The molecule has 0 atom stereocenters. The number of carboxylic acid groups (broad SMARTS) is 2. The van der Waals surface area contributed by atoms with Crippen LogP contribution >= 0.6 is 0 Å². The summed E-state index contributed by atoms with van der Waals surface area (Å²) in [6, 6.07) is 0. The Morgan fingerprint density at radius 3 is 1.00 bits per heavy atom. The first-order valence-electron chi connectivity index (χ1n) is 4.48. The predicted octanol–water partition coefficient (Wildman–Crippen LogP) is 1.68. The van der Waals surface area contributed by atoms with Crippen molar-refractivity contribution in [2.75, 3.05) is 0 Å². The van der Waals surface area contributed by atoms with Gasteiger partial charge in [0, 0.05) is 39.0 Å². The van der Waals surface area contributed by atoms with E-state index in [4.69, 9.17) is 15.3 Å². The van der Waals surface area contributed by atoms with Crippen LogP contribution in [0.15, 0.2) is 24.3 Å². The third-order valence-corrected chi connectivity index (χ3v) is 0.730. The molecular weight excluding hydrogens is 260 g/mol. The van der Waals surface area contributed by atoms with Gasteiger partial charge in [-0.1, -0.05) is 13.2 Å². The van der Waals surface area contributed by atoms with Crippen LogP contribution in [0.25, 0.3) is 0 Å². The molecule has 0 heterocycles. The van der Waals surface area contributed by atoms with E-state index >= 15 is 0 Å². The average Bonchev–Trinajstić information content (AvgIpc) is 2.03. The van der Waals surface area contributed by atoms with Gasteiger partial charge < -0.3 is 15.3 Å². The van der Waals surface area contributed by atoms with Crippen LogP contribution in [0.2, 0.25) is 0 Å². The van der Waals surface area contributed by atoms with Crippen LogP contribution in [0, 0.1) is 0 Å². The molecule has 0 saturated carbocycles. The Bertz CT molecular complexity index is 208. The molecule has 0 saturated heterocycles. The summed E-state index contributed by atoms with van der Waals surface area (Å²) < 4.78 is 0. The van der Waals surface area contributed by atoms with E-state index in [1.165, 1.54) is 13.8 Å². The molecule has 6 heteroatoms. The molecule has 0 aliphatic heterocycles. The third-order valence-electron chi connectivity index (χ3n) is 0.730. The van der Waals surface area contributed by atoms with Crippen LogP contribution in [0.1, 0.15) is 27.7 Å². The first kappa shape index (κ1) is 25.1. The Balaban J connectivity index is -0.0000000741. The molecule has 0 amide bonds. The van der Waals surface area contributed by atoms with Gasteiger partial charge in [0.2, 0.25) is 0 Å². The SMILES string of the molecule is C=C(C)C(=O)O.C=C(C)C(=O)O.CC(C)O.[Ti]. The Morgan fingerprint density at radius 1 is 0.941 bits per heavy atom. The van der Waals surface area contributed by atoms with E-state index in [2.05, 4.69) is 13.2 Å². The van der Waals surface area contributed by atoms with E-state index in [1.807, 2.05) is 0 Å². The van der Waals surface area contributed by atoms with Crippen molar-refractivity contribution in [3.8, 4) is 0 Å². The summed E-state index contributed by atoms with van der Waals surface area (Å²) in [4.78, 5) is 19.2. The zero-order valence-electron chi connectivity index (χ0n) is 10.6. The maximum atomic E-state index is 9.60. The molecule has 0 bridgehead atoms. The second-order valence-electron chi connectivity index (χ2n) is 3.26. The number of carbonyl (C=O) groups is 2. The first-order valence-corrected chi connectivity index (χ1v) is 4.48. The van der Waals surface area contributed by atoms with Crippen molar-refractivity contribution < 1.29 is 46.6 Å². The van der Waals surface area contributed by atoms with E-state index in [9.17, 15) is 9.59 Å². The zero-order chi connectivity index (χ0) is 13.9. The van der Waals surface area contributed by atoms with Crippen molar-refractivity contribution >= 4 is 11.9 Å². The predicted molar refractivity (Wildman–Crippen MR) is 62.3 cm³/mol. The van der Waals surface area contributed by atoms with Crippen molar-refractivity contribution in [3.05, 3.63) is 24.3 Å². The molecule has 17 heavy (non-hydrogen) atoms. The van der Waals surface area contributed by atoms with Crippen LogP contribution in [0.5, 0.6) is 0 Å². The van der Waals surface area contributed by atoms with Gasteiger partial charge >= 0.3 is 11.9 Å². The minimum atomic E-state index is -0.935. The Labute approximate surface area is 117 Å². The van der Waals surface area contributed by atoms with Crippen LogP contribution in [-0.2, 0) is 31.3 Å². The van der Waals surface area contributed by atoms with Crippen molar-refractivity contribution in [2.24, 2.45) is 0 Å². The van der Waals surface area contributed by atoms with Crippen molar-refractivity contribution in [1.82, 2.24) is 0 Å². The molecule has 0 aliphatic rings. The third kappa shape index (κ3) is 51.4.